The van der Waals surface area contributed by atoms with Gasteiger partial charge in [0.05, 0.1) is 16.7 Å². The molecule has 11 aromatic rings. The molecule has 0 fully saturated rings. The third kappa shape index (κ3) is 4.42. The van der Waals surface area contributed by atoms with Crippen LogP contribution in [-0.2, 0) is 6.42 Å². The first-order valence-electron chi connectivity index (χ1n) is 18.5. The van der Waals surface area contributed by atoms with Crippen LogP contribution in [0.3, 0.4) is 0 Å². The highest BCUT2D eigenvalue weighted by molar-refractivity contribution is 6.34. The van der Waals surface area contributed by atoms with E-state index >= 15 is 0 Å². The molecule has 0 atom stereocenters. The molecule has 0 saturated carbocycles. The van der Waals surface area contributed by atoms with Crippen LogP contribution >= 0.6 is 0 Å². The molecule has 2 heteroatoms. The van der Waals surface area contributed by atoms with Crippen molar-refractivity contribution in [3.05, 3.63) is 182 Å². The Bertz CT molecular complexity index is 3260. The van der Waals surface area contributed by atoms with Gasteiger partial charge in [-0.25, -0.2) is 4.98 Å². The van der Waals surface area contributed by atoms with Gasteiger partial charge in [-0.05, 0) is 106 Å². The van der Waals surface area contributed by atoms with Gasteiger partial charge in [-0.2, -0.15) is 0 Å². The minimum atomic E-state index is 0.859. The molecule has 1 aromatic heterocycles. The first-order valence-corrected chi connectivity index (χ1v) is 18.5. The fraction of sp³-hybridized carbons (Fsp3) is 0.0392. The Morgan fingerprint density at radius 2 is 0.943 bits per heavy atom. The summed E-state index contributed by atoms with van der Waals surface area (Å²) in [5.41, 5.74) is 8.24. The predicted octanol–water partition coefficient (Wildman–Crippen LogP) is 13.8. The molecule has 0 aliphatic rings. The second-order valence-electron chi connectivity index (χ2n) is 14.1. The first-order chi connectivity index (χ1) is 26.3. The smallest absolute Gasteiger partial charge is 0.114 e. The first kappa shape index (κ1) is 29.9. The quantitative estimate of drug-likeness (QED) is 0.170. The number of imidazole rings is 1. The minimum Gasteiger partial charge on any atom is -0.296 e. The Kier molecular flexibility index (Phi) is 6.56. The molecule has 2 nitrogen and oxygen atoms in total. The van der Waals surface area contributed by atoms with Crippen molar-refractivity contribution in [3.63, 3.8) is 0 Å². The Labute approximate surface area is 307 Å². The Balaban J connectivity index is 1.12. The maximum absolute atomic E-state index is 4.98. The molecule has 1 heterocycles. The van der Waals surface area contributed by atoms with Gasteiger partial charge < -0.3 is 0 Å². The zero-order chi connectivity index (χ0) is 35.0. The summed E-state index contributed by atoms with van der Waals surface area (Å²) in [4.78, 5) is 4.98. The van der Waals surface area contributed by atoms with Crippen LogP contribution in [0.1, 0.15) is 12.7 Å². The van der Waals surface area contributed by atoms with Gasteiger partial charge in [0.25, 0.3) is 0 Å². The molecule has 0 radical (unpaired) electrons. The van der Waals surface area contributed by atoms with Gasteiger partial charge in [0.15, 0.2) is 0 Å². The number of hydrogen-bond acceptors (Lipinski definition) is 1. The van der Waals surface area contributed by atoms with E-state index in [4.69, 9.17) is 4.98 Å². The van der Waals surface area contributed by atoms with E-state index < -0.39 is 0 Å². The standard InChI is InChI=1S/C51H34N2/c1-2-49-52-46-23-9-10-24-48(46)53(49)47-30-29-35(36-14-7-8-19-41(36)47)32-25-27-33(28-26-32)45-31-34-13-11-20-42-39-17-5-3-15-37(39)38-16-4-6-18-40(38)43-21-12-22-44(45)51(43)50(34)42/h3-31H,2H2,1H3. The van der Waals surface area contributed by atoms with E-state index in [0.29, 0.717) is 0 Å². The Morgan fingerprint density at radius 3 is 1.64 bits per heavy atom. The summed E-state index contributed by atoms with van der Waals surface area (Å²) in [6.45, 7) is 2.18. The number of aromatic nitrogens is 2. The molecule has 0 N–H and O–H groups in total. The maximum atomic E-state index is 4.98. The van der Waals surface area contributed by atoms with Crippen LogP contribution < -0.4 is 0 Å². The zero-order valence-corrected chi connectivity index (χ0v) is 29.3. The summed E-state index contributed by atoms with van der Waals surface area (Å²) < 4.78 is 2.34. The molecule has 0 bridgehead atoms. The summed E-state index contributed by atoms with van der Waals surface area (Å²) in [5.74, 6) is 1.07. The number of para-hydroxylation sites is 2. The minimum absolute atomic E-state index is 0.859. The lowest BCUT2D eigenvalue weighted by molar-refractivity contribution is 0.913. The Hall–Kier alpha value is -6.77. The molecule has 0 amide bonds. The van der Waals surface area contributed by atoms with Gasteiger partial charge in [0.2, 0.25) is 0 Å². The molecule has 10 aromatic carbocycles. The largest absolute Gasteiger partial charge is 0.296 e. The number of nitrogens with zero attached hydrogens (tertiary/aromatic N) is 2. The van der Waals surface area contributed by atoms with Gasteiger partial charge in [0.1, 0.15) is 5.82 Å². The molecular weight excluding hydrogens is 641 g/mol. The van der Waals surface area contributed by atoms with E-state index in [1.807, 2.05) is 0 Å². The molecule has 0 aliphatic heterocycles. The number of aryl methyl sites for hydroxylation is 1. The van der Waals surface area contributed by atoms with Gasteiger partial charge >= 0.3 is 0 Å². The molecular formula is C51H34N2. The van der Waals surface area contributed by atoms with E-state index in [0.717, 1.165) is 23.3 Å². The molecule has 0 unspecified atom stereocenters. The number of fused-ring (bicyclic) bond motifs is 7. The fourth-order valence-electron chi connectivity index (χ4n) is 8.98. The lowest BCUT2D eigenvalue weighted by atomic mass is 9.86. The molecule has 0 spiro atoms. The highest BCUT2D eigenvalue weighted by atomic mass is 15.1. The second-order valence-corrected chi connectivity index (χ2v) is 14.1. The van der Waals surface area contributed by atoms with Gasteiger partial charge in [-0.3, -0.25) is 4.57 Å². The van der Waals surface area contributed by atoms with E-state index in [-0.39, 0.29) is 0 Å². The maximum Gasteiger partial charge on any atom is 0.114 e. The summed E-state index contributed by atoms with van der Waals surface area (Å²) in [5, 5.41) is 15.3. The zero-order valence-electron chi connectivity index (χ0n) is 29.3. The number of benzene rings is 9. The van der Waals surface area contributed by atoms with E-state index in [1.54, 1.807) is 0 Å². The van der Waals surface area contributed by atoms with Crippen LogP contribution in [0.15, 0.2) is 176 Å². The topological polar surface area (TPSA) is 17.8 Å². The summed E-state index contributed by atoms with van der Waals surface area (Å²) >= 11 is 0. The number of hydrogen-bond donors (Lipinski definition) is 0. The van der Waals surface area contributed by atoms with Gasteiger partial charge in [-0.15, -0.1) is 0 Å². The van der Waals surface area contributed by atoms with Crippen LogP contribution in [0.25, 0.3) is 104 Å². The van der Waals surface area contributed by atoms with Crippen molar-refractivity contribution in [3.8, 4) is 27.9 Å². The van der Waals surface area contributed by atoms with Crippen LogP contribution in [0, 0.1) is 0 Å². The Morgan fingerprint density at radius 1 is 0.415 bits per heavy atom. The molecule has 53 heavy (non-hydrogen) atoms. The second kappa shape index (κ2) is 11.6. The van der Waals surface area contributed by atoms with Crippen molar-refractivity contribution in [2.24, 2.45) is 0 Å². The van der Waals surface area contributed by atoms with Crippen molar-refractivity contribution in [2.75, 3.05) is 0 Å². The summed E-state index contributed by atoms with van der Waals surface area (Å²) in [7, 11) is 0. The van der Waals surface area contributed by atoms with Crippen LogP contribution in [-0.4, -0.2) is 9.55 Å². The summed E-state index contributed by atoms with van der Waals surface area (Å²) in [6, 6.07) is 64.8. The van der Waals surface area contributed by atoms with Crippen LogP contribution in [0.5, 0.6) is 0 Å². The average molecular weight is 675 g/mol. The molecule has 0 saturated heterocycles. The normalized spacial score (nSPS) is 11.9. The molecule has 11 rings (SSSR count). The lowest BCUT2D eigenvalue weighted by Crippen LogP contribution is -2.01. The SMILES string of the molecule is CCc1nc2ccccc2n1-c1ccc(-c2ccc(-c3cc4cccc5c6ccccc6c6ccccc6c6cccc3c6c45)cc2)c2ccccc12. The summed E-state index contributed by atoms with van der Waals surface area (Å²) in [6.07, 6.45) is 0.859. The van der Waals surface area contributed by atoms with Crippen molar-refractivity contribution < 1.29 is 0 Å². The molecule has 0 aliphatic carbocycles. The molecule has 248 valence electrons. The van der Waals surface area contributed by atoms with Crippen molar-refractivity contribution in [1.29, 1.82) is 0 Å². The van der Waals surface area contributed by atoms with Crippen molar-refractivity contribution in [2.45, 2.75) is 13.3 Å². The monoisotopic (exact) mass is 674 g/mol. The van der Waals surface area contributed by atoms with Crippen molar-refractivity contribution >= 4 is 75.7 Å². The van der Waals surface area contributed by atoms with Crippen LogP contribution in [0.4, 0.5) is 0 Å². The predicted molar refractivity (Wildman–Crippen MR) is 226 cm³/mol. The third-order valence-electron chi connectivity index (χ3n) is 11.3. The van der Waals surface area contributed by atoms with Crippen molar-refractivity contribution in [1.82, 2.24) is 9.55 Å². The highest BCUT2D eigenvalue weighted by Crippen LogP contribution is 2.44. The number of rotatable bonds is 4. The van der Waals surface area contributed by atoms with E-state index in [1.165, 1.54) is 92.6 Å². The van der Waals surface area contributed by atoms with E-state index in [9.17, 15) is 0 Å². The van der Waals surface area contributed by atoms with Gasteiger partial charge in [0, 0.05) is 11.8 Å². The van der Waals surface area contributed by atoms with E-state index in [2.05, 4.69) is 187 Å². The van der Waals surface area contributed by atoms with Crippen LogP contribution in [0.2, 0.25) is 0 Å². The fourth-order valence-corrected chi connectivity index (χ4v) is 8.98. The third-order valence-corrected chi connectivity index (χ3v) is 11.3. The average Bonchev–Trinajstić information content (AvgIpc) is 3.61. The highest BCUT2D eigenvalue weighted by Gasteiger charge is 2.18. The van der Waals surface area contributed by atoms with Gasteiger partial charge in [-0.1, -0.05) is 159 Å². The lowest BCUT2D eigenvalue weighted by Gasteiger charge is -2.17.